The van der Waals surface area contributed by atoms with Crippen LogP contribution in [-0.4, -0.2) is 44.4 Å². The van der Waals surface area contributed by atoms with E-state index in [4.69, 9.17) is 0 Å². The molecule has 1 aromatic rings. The van der Waals surface area contributed by atoms with Gasteiger partial charge < -0.3 is 10.0 Å². The van der Waals surface area contributed by atoms with E-state index in [1.54, 1.807) is 11.8 Å². The van der Waals surface area contributed by atoms with Crippen molar-refractivity contribution in [3.63, 3.8) is 0 Å². The second kappa shape index (κ2) is 3.62. The molecule has 1 aliphatic heterocycles. The number of carbonyl (C=O) groups excluding carboxylic acids is 1. The van der Waals surface area contributed by atoms with Gasteiger partial charge in [-0.25, -0.2) is 0 Å². The molecule has 0 aromatic carbocycles. The molecule has 1 fully saturated rings. The smallest absolute Gasteiger partial charge is 0.219 e. The molecule has 2 heterocycles. The molecule has 0 atom stereocenters. The Balaban J connectivity index is 2.06. The standard InChI is InChI=1S/C9H14N4O2/c1-7(14)13-4-2-9(15,3-5-13)8-6-10-12-11-8/h6,15H,2-5H2,1H3,(H,10,11,12). The van der Waals surface area contributed by atoms with Gasteiger partial charge in [-0.05, 0) is 12.8 Å². The van der Waals surface area contributed by atoms with Crippen LogP contribution in [0.1, 0.15) is 25.5 Å². The van der Waals surface area contributed by atoms with Crippen LogP contribution in [0.15, 0.2) is 6.20 Å². The molecule has 0 radical (unpaired) electrons. The lowest BCUT2D eigenvalue weighted by Crippen LogP contribution is -2.44. The molecule has 15 heavy (non-hydrogen) atoms. The number of nitrogens with zero attached hydrogens (tertiary/aromatic N) is 3. The summed E-state index contributed by atoms with van der Waals surface area (Å²) in [7, 11) is 0. The van der Waals surface area contributed by atoms with Crippen LogP contribution < -0.4 is 0 Å². The first-order valence-corrected chi connectivity index (χ1v) is 4.96. The minimum atomic E-state index is -0.932. The third-order valence-corrected chi connectivity index (χ3v) is 2.93. The molecule has 1 amide bonds. The molecule has 2 N–H and O–H groups in total. The number of aromatic nitrogens is 3. The quantitative estimate of drug-likeness (QED) is 0.663. The van der Waals surface area contributed by atoms with Gasteiger partial charge in [0.2, 0.25) is 5.91 Å². The van der Waals surface area contributed by atoms with Crippen LogP contribution in [0.2, 0.25) is 0 Å². The van der Waals surface area contributed by atoms with Crippen LogP contribution in [0, 0.1) is 0 Å². The van der Waals surface area contributed by atoms with Gasteiger partial charge in [0.25, 0.3) is 0 Å². The van der Waals surface area contributed by atoms with Gasteiger partial charge in [-0.1, -0.05) is 0 Å². The number of hydrogen-bond donors (Lipinski definition) is 2. The third kappa shape index (κ3) is 1.85. The second-order valence-electron chi connectivity index (χ2n) is 3.89. The van der Waals surface area contributed by atoms with E-state index in [1.165, 1.54) is 6.20 Å². The number of amides is 1. The van der Waals surface area contributed by atoms with Gasteiger partial charge in [0, 0.05) is 20.0 Å². The fourth-order valence-electron chi connectivity index (χ4n) is 1.87. The summed E-state index contributed by atoms with van der Waals surface area (Å²) in [6.07, 6.45) is 2.56. The molecule has 1 saturated heterocycles. The van der Waals surface area contributed by atoms with E-state index in [1.807, 2.05) is 0 Å². The summed E-state index contributed by atoms with van der Waals surface area (Å²) in [5.74, 6) is 0.0530. The van der Waals surface area contributed by atoms with Gasteiger partial charge in [-0.3, -0.25) is 4.79 Å². The van der Waals surface area contributed by atoms with Crippen molar-refractivity contribution < 1.29 is 9.90 Å². The van der Waals surface area contributed by atoms with Gasteiger partial charge >= 0.3 is 0 Å². The third-order valence-electron chi connectivity index (χ3n) is 2.93. The Bertz CT molecular complexity index is 341. The van der Waals surface area contributed by atoms with Crippen LogP contribution in [0.5, 0.6) is 0 Å². The maximum atomic E-state index is 11.1. The molecule has 0 unspecified atom stereocenters. The van der Waals surface area contributed by atoms with Crippen molar-refractivity contribution in [3.8, 4) is 0 Å². The maximum Gasteiger partial charge on any atom is 0.219 e. The summed E-state index contributed by atoms with van der Waals surface area (Å²) in [6, 6.07) is 0. The zero-order chi connectivity index (χ0) is 10.9. The Hall–Kier alpha value is -1.43. The Labute approximate surface area is 87.3 Å². The summed E-state index contributed by atoms with van der Waals surface area (Å²) in [5, 5.41) is 20.3. The molecule has 6 heteroatoms. The molecule has 0 aliphatic carbocycles. The van der Waals surface area contributed by atoms with Crippen LogP contribution in [-0.2, 0) is 10.4 Å². The highest BCUT2D eigenvalue weighted by Crippen LogP contribution is 2.30. The topological polar surface area (TPSA) is 82.1 Å². The molecule has 6 nitrogen and oxygen atoms in total. The van der Waals surface area contributed by atoms with Crippen molar-refractivity contribution in [2.24, 2.45) is 0 Å². The number of piperidine rings is 1. The van der Waals surface area contributed by atoms with Crippen LogP contribution in [0.3, 0.4) is 0 Å². The lowest BCUT2D eigenvalue weighted by atomic mass is 9.89. The van der Waals surface area contributed by atoms with Crippen molar-refractivity contribution in [1.29, 1.82) is 0 Å². The van der Waals surface area contributed by atoms with E-state index in [9.17, 15) is 9.90 Å². The Kier molecular flexibility index (Phi) is 2.44. The average molecular weight is 210 g/mol. The highest BCUT2D eigenvalue weighted by molar-refractivity contribution is 5.73. The number of nitrogens with one attached hydrogen (secondary N) is 1. The molecular formula is C9H14N4O2. The van der Waals surface area contributed by atoms with Crippen molar-refractivity contribution >= 4 is 5.91 Å². The monoisotopic (exact) mass is 210 g/mol. The molecular weight excluding hydrogens is 196 g/mol. The van der Waals surface area contributed by atoms with E-state index in [2.05, 4.69) is 15.4 Å². The van der Waals surface area contributed by atoms with Crippen molar-refractivity contribution in [2.45, 2.75) is 25.4 Å². The van der Waals surface area contributed by atoms with Crippen molar-refractivity contribution in [1.82, 2.24) is 20.3 Å². The Morgan fingerprint density at radius 1 is 1.60 bits per heavy atom. The van der Waals surface area contributed by atoms with E-state index < -0.39 is 5.60 Å². The Morgan fingerprint density at radius 3 is 2.73 bits per heavy atom. The molecule has 1 aliphatic rings. The average Bonchev–Trinajstić information content (AvgIpc) is 2.71. The van der Waals surface area contributed by atoms with Gasteiger partial charge in [-0.15, -0.1) is 0 Å². The first kappa shape index (κ1) is 10.1. The zero-order valence-electron chi connectivity index (χ0n) is 8.60. The lowest BCUT2D eigenvalue weighted by molar-refractivity contribution is -0.133. The van der Waals surface area contributed by atoms with Crippen LogP contribution >= 0.6 is 0 Å². The largest absolute Gasteiger partial charge is 0.383 e. The molecule has 0 bridgehead atoms. The fourth-order valence-corrected chi connectivity index (χ4v) is 1.87. The summed E-state index contributed by atoms with van der Waals surface area (Å²) >= 11 is 0. The second-order valence-corrected chi connectivity index (χ2v) is 3.89. The number of rotatable bonds is 1. The highest BCUT2D eigenvalue weighted by atomic mass is 16.3. The number of likely N-dealkylation sites (tertiary alicyclic amines) is 1. The predicted molar refractivity (Wildman–Crippen MR) is 51.8 cm³/mol. The summed E-state index contributed by atoms with van der Waals surface area (Å²) < 4.78 is 0. The van der Waals surface area contributed by atoms with Gasteiger partial charge in [0.05, 0.1) is 6.20 Å². The lowest BCUT2D eigenvalue weighted by Gasteiger charge is -2.36. The highest BCUT2D eigenvalue weighted by Gasteiger charge is 2.36. The Morgan fingerprint density at radius 2 is 2.27 bits per heavy atom. The normalized spacial score (nSPS) is 20.3. The summed E-state index contributed by atoms with van der Waals surface area (Å²) in [4.78, 5) is 12.8. The summed E-state index contributed by atoms with van der Waals surface area (Å²) in [6.45, 7) is 2.68. The fraction of sp³-hybridized carbons (Fsp3) is 0.667. The first-order valence-electron chi connectivity index (χ1n) is 4.96. The van der Waals surface area contributed by atoms with Crippen LogP contribution in [0.25, 0.3) is 0 Å². The van der Waals surface area contributed by atoms with E-state index in [0.717, 1.165) is 0 Å². The molecule has 2 rings (SSSR count). The number of H-pyrrole nitrogens is 1. The SMILES string of the molecule is CC(=O)N1CCC(O)(c2cn[nH]n2)CC1. The minimum Gasteiger partial charge on any atom is -0.383 e. The zero-order valence-corrected chi connectivity index (χ0v) is 8.60. The number of carbonyl (C=O) groups is 1. The van der Waals surface area contributed by atoms with E-state index >= 15 is 0 Å². The van der Waals surface area contributed by atoms with Crippen LogP contribution in [0.4, 0.5) is 0 Å². The van der Waals surface area contributed by atoms with Crippen molar-refractivity contribution in [3.05, 3.63) is 11.9 Å². The summed E-state index contributed by atoms with van der Waals surface area (Å²) in [5.41, 5.74) is -0.371. The van der Waals surface area contributed by atoms with Crippen molar-refractivity contribution in [2.75, 3.05) is 13.1 Å². The molecule has 0 saturated carbocycles. The number of aliphatic hydroxyl groups is 1. The van der Waals surface area contributed by atoms with Gasteiger partial charge in [0.15, 0.2) is 0 Å². The predicted octanol–water partition coefficient (Wildman–Crippen LogP) is -0.365. The van der Waals surface area contributed by atoms with E-state index in [0.29, 0.717) is 31.6 Å². The van der Waals surface area contributed by atoms with E-state index in [-0.39, 0.29) is 5.91 Å². The molecule has 0 spiro atoms. The van der Waals surface area contributed by atoms with Gasteiger partial charge in [-0.2, -0.15) is 15.4 Å². The van der Waals surface area contributed by atoms with Gasteiger partial charge in [0.1, 0.15) is 11.3 Å². The maximum absolute atomic E-state index is 11.1. The number of hydrogen-bond acceptors (Lipinski definition) is 4. The number of aromatic amines is 1. The molecule has 82 valence electrons. The first-order chi connectivity index (χ1) is 7.12. The minimum absolute atomic E-state index is 0.0530. The molecule has 1 aromatic heterocycles.